The number of hydrogen-bond donors (Lipinski definition) is 0. The lowest BCUT2D eigenvalue weighted by atomic mass is 9.67. The van der Waals surface area contributed by atoms with Gasteiger partial charge in [0.05, 0.1) is 22.4 Å². The van der Waals surface area contributed by atoms with E-state index in [-0.39, 0.29) is 5.92 Å². The Morgan fingerprint density at radius 3 is 1.80 bits per heavy atom. The molecule has 1 unspecified atom stereocenters. The summed E-state index contributed by atoms with van der Waals surface area (Å²) in [6.07, 6.45) is 0. The van der Waals surface area contributed by atoms with E-state index in [1.807, 2.05) is 17.8 Å². The van der Waals surface area contributed by atoms with E-state index in [2.05, 4.69) is 211 Å². The van der Waals surface area contributed by atoms with Crippen LogP contribution >= 0.6 is 11.8 Å². The van der Waals surface area contributed by atoms with Gasteiger partial charge in [0.2, 0.25) is 0 Å². The predicted octanol–water partition coefficient (Wildman–Crippen LogP) is 14.3. The molecule has 0 saturated heterocycles. The molecule has 2 aromatic heterocycles. The Balaban J connectivity index is 1.05. The van der Waals surface area contributed by atoms with Crippen molar-refractivity contribution in [1.29, 1.82) is 0 Å². The number of benzene rings is 9. The number of rotatable bonds is 4. The third-order valence-corrected chi connectivity index (χ3v) is 14.9. The average molecular weight is 833 g/mol. The zero-order chi connectivity index (χ0) is 41.9. The Hall–Kier alpha value is -7.86. The number of para-hydroxylation sites is 2. The van der Waals surface area contributed by atoms with Crippen molar-refractivity contribution < 1.29 is 0 Å². The van der Waals surface area contributed by atoms with Gasteiger partial charge in [0.15, 0.2) is 11.6 Å². The van der Waals surface area contributed by atoms with Crippen molar-refractivity contribution in [3.63, 3.8) is 0 Å². The van der Waals surface area contributed by atoms with Gasteiger partial charge in [-0.1, -0.05) is 188 Å². The zero-order valence-electron chi connectivity index (χ0n) is 34.5. The highest BCUT2D eigenvalue weighted by atomic mass is 32.2. The van der Waals surface area contributed by atoms with E-state index in [1.165, 1.54) is 87.2 Å². The van der Waals surface area contributed by atoms with Crippen LogP contribution in [0.4, 0.5) is 0 Å². The fourth-order valence-electron chi connectivity index (χ4n) is 11.2. The quantitative estimate of drug-likeness (QED) is 0.177. The predicted molar refractivity (Wildman–Crippen MR) is 259 cm³/mol. The molecule has 64 heavy (non-hydrogen) atoms. The van der Waals surface area contributed by atoms with E-state index in [0.29, 0.717) is 11.6 Å². The van der Waals surface area contributed by atoms with Crippen LogP contribution in [0.15, 0.2) is 222 Å². The third-order valence-electron chi connectivity index (χ3n) is 13.8. The van der Waals surface area contributed by atoms with Crippen molar-refractivity contribution in [2.24, 2.45) is 0 Å². The molecule has 298 valence electrons. The van der Waals surface area contributed by atoms with Crippen LogP contribution in [-0.2, 0) is 5.41 Å². The van der Waals surface area contributed by atoms with E-state index in [4.69, 9.17) is 15.0 Å². The lowest BCUT2D eigenvalue weighted by Crippen LogP contribution is -2.32. The molecule has 0 saturated carbocycles. The normalized spacial score (nSPS) is 14.8. The maximum atomic E-state index is 5.63. The van der Waals surface area contributed by atoms with Gasteiger partial charge in [-0.3, -0.25) is 0 Å². The van der Waals surface area contributed by atoms with Gasteiger partial charge in [-0.05, 0) is 92.0 Å². The molecule has 9 aromatic carbocycles. The van der Waals surface area contributed by atoms with E-state index in [0.717, 1.165) is 22.6 Å². The molecular formula is C59H36N4S. The molecule has 4 nitrogen and oxygen atoms in total. The molecule has 2 aliphatic carbocycles. The van der Waals surface area contributed by atoms with Crippen LogP contribution in [0.5, 0.6) is 0 Å². The summed E-state index contributed by atoms with van der Waals surface area (Å²) in [6.45, 7) is 0. The van der Waals surface area contributed by atoms with Crippen LogP contribution in [-0.4, -0.2) is 19.5 Å². The first-order valence-corrected chi connectivity index (χ1v) is 22.7. The topological polar surface area (TPSA) is 43.6 Å². The number of aromatic nitrogens is 4. The Labute approximate surface area is 374 Å². The van der Waals surface area contributed by atoms with Gasteiger partial charge in [-0.2, -0.15) is 0 Å². The smallest absolute Gasteiger partial charge is 0.163 e. The van der Waals surface area contributed by atoms with Crippen LogP contribution in [0.25, 0.3) is 72.5 Å². The second-order valence-corrected chi connectivity index (χ2v) is 18.1. The molecule has 1 atom stereocenters. The first-order chi connectivity index (χ1) is 31.8. The number of hydrogen-bond acceptors (Lipinski definition) is 4. The molecule has 0 amide bonds. The fraction of sp³-hybridized carbons (Fsp3) is 0.0339. The SMILES string of the molecule is c1ccc(-c2nc(-c3ccc4c(c3)C3(c5ccccc5Sc5ccccc53)c3ccccc3-4)nc(C3c4ccccc4-c4ccc5c6ccccc6n(-c6ccccc6)c5c43)n2)cc1. The molecular weight excluding hydrogens is 797 g/mol. The second kappa shape index (κ2) is 13.6. The van der Waals surface area contributed by atoms with Crippen LogP contribution in [0.3, 0.4) is 0 Å². The molecule has 14 rings (SSSR count). The highest BCUT2D eigenvalue weighted by Crippen LogP contribution is 2.62. The molecule has 0 N–H and O–H groups in total. The zero-order valence-corrected chi connectivity index (χ0v) is 35.3. The minimum Gasteiger partial charge on any atom is -0.309 e. The van der Waals surface area contributed by atoms with Crippen molar-refractivity contribution in [1.82, 2.24) is 19.5 Å². The Bertz CT molecular complexity index is 3680. The molecule has 1 aliphatic heterocycles. The highest BCUT2D eigenvalue weighted by Gasteiger charge is 2.50. The standard InChI is InChI=1S/C59H36N4S/c1-3-17-36(18-4-1)56-60-57(37-31-32-41-40-22-9-11-25-46(40)59(49(41)35-37)47-26-12-15-29-51(47)64-52-30-16-13-27-48(52)59)62-58(61-56)54-43-24-8-7-21-39(43)44-33-34-45-42-23-10-14-28-50(42)63(55(45)53(44)54)38-19-5-2-6-20-38/h1-35,54H. The molecule has 11 aromatic rings. The summed E-state index contributed by atoms with van der Waals surface area (Å²) in [4.78, 5) is 19.1. The van der Waals surface area contributed by atoms with Crippen molar-refractivity contribution in [3.05, 3.63) is 252 Å². The fourth-order valence-corrected chi connectivity index (χ4v) is 12.4. The summed E-state index contributed by atoms with van der Waals surface area (Å²) in [5.74, 6) is 1.79. The monoisotopic (exact) mass is 832 g/mol. The Kier molecular flexibility index (Phi) is 7.57. The van der Waals surface area contributed by atoms with Gasteiger partial charge < -0.3 is 4.57 Å². The van der Waals surface area contributed by atoms with E-state index in [9.17, 15) is 0 Å². The van der Waals surface area contributed by atoms with Crippen molar-refractivity contribution in [3.8, 4) is 50.7 Å². The van der Waals surface area contributed by atoms with Gasteiger partial charge in [0.25, 0.3) is 0 Å². The third kappa shape index (κ3) is 4.87. The minimum absolute atomic E-state index is 0.259. The summed E-state index contributed by atoms with van der Waals surface area (Å²) in [6, 6.07) is 77.1. The van der Waals surface area contributed by atoms with Crippen molar-refractivity contribution in [2.45, 2.75) is 21.1 Å². The molecule has 0 bridgehead atoms. The van der Waals surface area contributed by atoms with E-state index < -0.39 is 5.41 Å². The molecule has 1 spiro atoms. The van der Waals surface area contributed by atoms with Gasteiger partial charge in [0.1, 0.15) is 5.82 Å². The first-order valence-electron chi connectivity index (χ1n) is 21.9. The number of fused-ring (bicyclic) bond motifs is 16. The van der Waals surface area contributed by atoms with Crippen LogP contribution in [0.1, 0.15) is 45.1 Å². The Morgan fingerprint density at radius 1 is 0.422 bits per heavy atom. The molecule has 3 aliphatic rings. The van der Waals surface area contributed by atoms with Gasteiger partial charge in [0, 0.05) is 37.4 Å². The molecule has 5 heteroatoms. The van der Waals surface area contributed by atoms with Crippen molar-refractivity contribution in [2.75, 3.05) is 0 Å². The van der Waals surface area contributed by atoms with Crippen LogP contribution in [0.2, 0.25) is 0 Å². The largest absolute Gasteiger partial charge is 0.309 e. The molecule has 0 radical (unpaired) electrons. The lowest BCUT2D eigenvalue weighted by molar-refractivity contribution is 0.722. The minimum atomic E-state index is -0.516. The van der Waals surface area contributed by atoms with Crippen LogP contribution < -0.4 is 0 Å². The Morgan fingerprint density at radius 2 is 1.02 bits per heavy atom. The van der Waals surface area contributed by atoms with Gasteiger partial charge in [-0.15, -0.1) is 0 Å². The molecule has 3 heterocycles. The summed E-state index contributed by atoms with van der Waals surface area (Å²) in [5.41, 5.74) is 17.4. The summed E-state index contributed by atoms with van der Waals surface area (Å²) < 4.78 is 2.44. The van der Waals surface area contributed by atoms with Gasteiger partial charge in [-0.25, -0.2) is 15.0 Å². The second-order valence-electron chi connectivity index (χ2n) is 17.0. The number of nitrogens with zero attached hydrogens (tertiary/aromatic N) is 4. The maximum Gasteiger partial charge on any atom is 0.163 e. The van der Waals surface area contributed by atoms with E-state index in [1.54, 1.807) is 0 Å². The summed E-state index contributed by atoms with van der Waals surface area (Å²) >= 11 is 1.86. The highest BCUT2D eigenvalue weighted by molar-refractivity contribution is 7.99. The van der Waals surface area contributed by atoms with Crippen LogP contribution in [0, 0.1) is 0 Å². The lowest BCUT2D eigenvalue weighted by Gasteiger charge is -2.39. The van der Waals surface area contributed by atoms with Gasteiger partial charge >= 0.3 is 0 Å². The first kappa shape index (κ1) is 35.7. The average Bonchev–Trinajstić information content (AvgIpc) is 3.99. The summed E-state index contributed by atoms with van der Waals surface area (Å²) in [7, 11) is 0. The molecule has 0 fully saturated rings. The maximum absolute atomic E-state index is 5.63. The van der Waals surface area contributed by atoms with E-state index >= 15 is 0 Å². The summed E-state index contributed by atoms with van der Waals surface area (Å²) in [5, 5.41) is 2.43. The van der Waals surface area contributed by atoms with Crippen molar-refractivity contribution >= 4 is 33.6 Å².